The highest BCUT2D eigenvalue weighted by Crippen LogP contribution is 2.00. The molecule has 13 heavy (non-hydrogen) atoms. The normalized spacial score (nSPS) is 12.2. The summed E-state index contributed by atoms with van der Waals surface area (Å²) >= 11 is 0. The third-order valence-corrected chi connectivity index (χ3v) is 1.84. The van der Waals surface area contributed by atoms with Gasteiger partial charge in [-0.1, -0.05) is 20.3 Å². The minimum absolute atomic E-state index is 0.0583. The van der Waals surface area contributed by atoms with Gasteiger partial charge in [0.05, 0.1) is 12.6 Å². The van der Waals surface area contributed by atoms with Crippen molar-refractivity contribution in [1.82, 2.24) is 5.32 Å². The number of carbonyl (C=O) groups is 2. The van der Waals surface area contributed by atoms with Crippen LogP contribution in [0.5, 0.6) is 0 Å². The summed E-state index contributed by atoms with van der Waals surface area (Å²) in [6, 6.07) is -0.342. The van der Waals surface area contributed by atoms with Crippen LogP contribution in [-0.4, -0.2) is 24.3 Å². The molecule has 0 aliphatic heterocycles. The number of rotatable bonds is 6. The fourth-order valence-corrected chi connectivity index (χ4v) is 1.10. The summed E-state index contributed by atoms with van der Waals surface area (Å²) in [4.78, 5) is 22.2. The van der Waals surface area contributed by atoms with Crippen LogP contribution in [0.4, 0.5) is 0 Å². The second-order valence-electron chi connectivity index (χ2n) is 2.93. The Morgan fingerprint density at radius 1 is 1.38 bits per heavy atom. The van der Waals surface area contributed by atoms with Gasteiger partial charge in [-0.05, 0) is 6.42 Å². The van der Waals surface area contributed by atoms with Crippen LogP contribution in [0.25, 0.3) is 0 Å². The smallest absolute Gasteiger partial charge is 0.234 e. The first-order valence-electron chi connectivity index (χ1n) is 4.67. The van der Waals surface area contributed by atoms with Crippen molar-refractivity contribution in [3.63, 3.8) is 0 Å². The third kappa shape index (κ3) is 4.62. The maximum Gasteiger partial charge on any atom is 0.234 e. The lowest BCUT2D eigenvalue weighted by Crippen LogP contribution is -2.43. The monoisotopic (exact) mass is 186 g/mol. The van der Waals surface area contributed by atoms with Crippen molar-refractivity contribution in [2.24, 2.45) is 5.73 Å². The number of nitrogens with two attached hydrogens (primary N) is 1. The molecule has 0 saturated heterocycles. The zero-order valence-electron chi connectivity index (χ0n) is 8.30. The molecule has 1 unspecified atom stereocenters. The van der Waals surface area contributed by atoms with Gasteiger partial charge in [0, 0.05) is 6.42 Å². The van der Waals surface area contributed by atoms with E-state index < -0.39 is 0 Å². The number of Topliss-reactive ketones (excluding diaryl/α,β-unsaturated/α-hetero) is 1. The molecule has 1 atom stereocenters. The van der Waals surface area contributed by atoms with E-state index in [0.717, 1.165) is 6.42 Å². The van der Waals surface area contributed by atoms with Gasteiger partial charge in [0.2, 0.25) is 5.91 Å². The Bertz CT molecular complexity index is 180. The molecule has 0 fully saturated rings. The molecule has 0 bridgehead atoms. The highest BCUT2D eigenvalue weighted by molar-refractivity contribution is 5.89. The molecule has 0 spiro atoms. The Labute approximate surface area is 78.9 Å². The van der Waals surface area contributed by atoms with Crippen LogP contribution in [0.2, 0.25) is 0 Å². The molecule has 76 valence electrons. The Morgan fingerprint density at radius 3 is 2.38 bits per heavy atom. The summed E-state index contributed by atoms with van der Waals surface area (Å²) in [6.45, 7) is 3.71. The minimum Gasteiger partial charge on any atom is -0.345 e. The lowest BCUT2D eigenvalue weighted by Gasteiger charge is -2.15. The van der Waals surface area contributed by atoms with Crippen LogP contribution < -0.4 is 11.1 Å². The number of hydrogen-bond donors (Lipinski definition) is 2. The average molecular weight is 186 g/mol. The van der Waals surface area contributed by atoms with Crippen molar-refractivity contribution < 1.29 is 9.59 Å². The van der Waals surface area contributed by atoms with Crippen molar-refractivity contribution in [2.45, 2.75) is 39.2 Å². The van der Waals surface area contributed by atoms with Crippen molar-refractivity contribution in [3.8, 4) is 0 Å². The maximum atomic E-state index is 11.3. The summed E-state index contributed by atoms with van der Waals surface area (Å²) in [5.41, 5.74) is 5.13. The van der Waals surface area contributed by atoms with E-state index in [1.807, 2.05) is 6.92 Å². The zero-order valence-corrected chi connectivity index (χ0v) is 8.30. The Hall–Kier alpha value is -0.900. The van der Waals surface area contributed by atoms with E-state index in [4.69, 9.17) is 5.73 Å². The predicted octanol–water partition coefficient (Wildman–Crippen LogP) is 0.209. The van der Waals surface area contributed by atoms with Crippen LogP contribution in [-0.2, 0) is 9.59 Å². The van der Waals surface area contributed by atoms with Gasteiger partial charge in [-0.15, -0.1) is 0 Å². The van der Waals surface area contributed by atoms with E-state index in [2.05, 4.69) is 5.32 Å². The summed E-state index contributed by atoms with van der Waals surface area (Å²) in [7, 11) is 0. The first-order chi connectivity index (χ1) is 6.15. The first kappa shape index (κ1) is 12.1. The summed E-state index contributed by atoms with van der Waals surface area (Å²) in [5, 5.41) is 2.60. The second-order valence-corrected chi connectivity index (χ2v) is 2.93. The molecule has 0 radical (unpaired) electrons. The lowest BCUT2D eigenvalue weighted by molar-refractivity contribution is -0.127. The predicted molar refractivity (Wildman–Crippen MR) is 51.2 cm³/mol. The van der Waals surface area contributed by atoms with Gasteiger partial charge in [-0.2, -0.15) is 0 Å². The molecule has 0 aliphatic rings. The topological polar surface area (TPSA) is 72.2 Å². The fraction of sp³-hybridized carbons (Fsp3) is 0.778. The van der Waals surface area contributed by atoms with Crippen molar-refractivity contribution in [1.29, 1.82) is 0 Å². The zero-order chi connectivity index (χ0) is 10.3. The standard InChI is InChI=1S/C9H18N2O2/c1-3-5-7(8(12)4-2)11-9(13)6-10/h7H,3-6,10H2,1-2H3,(H,11,13). The average Bonchev–Trinajstić information content (AvgIpc) is 2.15. The van der Waals surface area contributed by atoms with E-state index in [0.29, 0.717) is 12.8 Å². The van der Waals surface area contributed by atoms with Crippen LogP contribution in [0.15, 0.2) is 0 Å². The van der Waals surface area contributed by atoms with Crippen molar-refractivity contribution in [3.05, 3.63) is 0 Å². The van der Waals surface area contributed by atoms with Gasteiger partial charge in [0.15, 0.2) is 5.78 Å². The third-order valence-electron chi connectivity index (χ3n) is 1.84. The molecule has 0 rings (SSSR count). The van der Waals surface area contributed by atoms with Crippen molar-refractivity contribution in [2.75, 3.05) is 6.54 Å². The van der Waals surface area contributed by atoms with Gasteiger partial charge < -0.3 is 11.1 Å². The second kappa shape index (κ2) is 6.60. The molecular formula is C9H18N2O2. The lowest BCUT2D eigenvalue weighted by atomic mass is 10.1. The molecule has 1 amide bonds. The molecule has 0 aromatic rings. The molecule has 0 heterocycles. The van der Waals surface area contributed by atoms with E-state index in [-0.39, 0.29) is 24.3 Å². The van der Waals surface area contributed by atoms with Gasteiger partial charge in [-0.25, -0.2) is 0 Å². The molecular weight excluding hydrogens is 168 g/mol. The van der Waals surface area contributed by atoms with Crippen LogP contribution in [0, 0.1) is 0 Å². The minimum atomic E-state index is -0.342. The Morgan fingerprint density at radius 2 is 2.00 bits per heavy atom. The number of hydrogen-bond acceptors (Lipinski definition) is 3. The van der Waals surface area contributed by atoms with E-state index in [9.17, 15) is 9.59 Å². The Balaban J connectivity index is 4.08. The highest BCUT2D eigenvalue weighted by atomic mass is 16.2. The number of carbonyl (C=O) groups excluding carboxylic acids is 2. The van der Waals surface area contributed by atoms with E-state index >= 15 is 0 Å². The molecule has 0 aromatic carbocycles. The van der Waals surface area contributed by atoms with Gasteiger partial charge in [-0.3, -0.25) is 9.59 Å². The van der Waals surface area contributed by atoms with Gasteiger partial charge in [0.1, 0.15) is 0 Å². The van der Waals surface area contributed by atoms with Gasteiger partial charge in [0.25, 0.3) is 0 Å². The summed E-state index contributed by atoms with van der Waals surface area (Å²) < 4.78 is 0. The van der Waals surface area contributed by atoms with Gasteiger partial charge >= 0.3 is 0 Å². The SMILES string of the molecule is CCCC(NC(=O)CN)C(=O)CC. The van der Waals surface area contributed by atoms with Crippen LogP contribution >= 0.6 is 0 Å². The molecule has 4 heteroatoms. The first-order valence-corrected chi connectivity index (χ1v) is 4.67. The highest BCUT2D eigenvalue weighted by Gasteiger charge is 2.16. The number of ketones is 1. The van der Waals surface area contributed by atoms with Crippen LogP contribution in [0.1, 0.15) is 33.1 Å². The molecule has 3 N–H and O–H groups in total. The maximum absolute atomic E-state index is 11.3. The molecule has 4 nitrogen and oxygen atoms in total. The van der Waals surface area contributed by atoms with Crippen LogP contribution in [0.3, 0.4) is 0 Å². The summed E-state index contributed by atoms with van der Waals surface area (Å²) in [6.07, 6.45) is 2.02. The molecule has 0 aromatic heterocycles. The Kier molecular flexibility index (Phi) is 6.14. The number of nitrogens with one attached hydrogen (secondary N) is 1. The molecule has 0 saturated carbocycles. The van der Waals surface area contributed by atoms with E-state index in [1.54, 1.807) is 6.92 Å². The largest absolute Gasteiger partial charge is 0.345 e. The number of amides is 1. The fourth-order valence-electron chi connectivity index (χ4n) is 1.10. The van der Waals surface area contributed by atoms with E-state index in [1.165, 1.54) is 0 Å². The quantitative estimate of drug-likeness (QED) is 0.622. The molecule has 0 aliphatic carbocycles. The van der Waals surface area contributed by atoms with Crippen molar-refractivity contribution >= 4 is 11.7 Å². The summed E-state index contributed by atoms with van der Waals surface area (Å²) in [5.74, 6) is -0.191.